The second kappa shape index (κ2) is 19.3. The zero-order valence-electron chi connectivity index (χ0n) is 33.4. The molecule has 0 aliphatic carbocycles. The van der Waals surface area contributed by atoms with Crippen molar-refractivity contribution in [2.75, 3.05) is 37.2 Å². The van der Waals surface area contributed by atoms with E-state index < -0.39 is 12.1 Å². The van der Waals surface area contributed by atoms with Gasteiger partial charge in [-0.2, -0.15) is 13.2 Å². The van der Waals surface area contributed by atoms with Crippen LogP contribution in [0.2, 0.25) is 0 Å². The molecule has 4 N–H and O–H groups in total. The number of carbonyl (C=O) groups excluding carboxylic acids is 1. The van der Waals surface area contributed by atoms with Crippen LogP contribution in [0, 0.1) is 25.7 Å². The third kappa shape index (κ3) is 10.9. The molecule has 2 fully saturated rings. The van der Waals surface area contributed by atoms with Gasteiger partial charge >= 0.3 is 12.2 Å². The molecule has 306 valence electrons. The molecule has 4 aromatic heterocycles. The fraction of sp³-hybridized carbons (Fsp3) is 0.372. The maximum Gasteiger partial charge on any atom is 0.393 e. The largest absolute Gasteiger partial charge is 0.399 e. The molecule has 2 amide bonds. The van der Waals surface area contributed by atoms with Gasteiger partial charge in [0.05, 0.1) is 5.92 Å². The standard InChI is InChI=1S/C22H25N5O.C16H16N4.C5H8F3N.ClH/c1-4-20-23-12-17-9-16(11-24-21(17)26-20)19-10-18(6-5-15(19)3)25-22(28)27-8-7-14(2)13-27;1-3-15-18-9-12-6-11(8-19-16(12)20-15)14-7-13(17)5-4-10(14)2;6-5(7,8)4-1-2-9-3-4;/h5-6,9-12,14H,4,7-8,13H2,1-3H3,(H,25,28);4-9H,3,17H2,1-2H3;4,9H,1-3H2;1H. The minimum atomic E-state index is -3.98. The molecule has 0 bridgehead atoms. The monoisotopic (exact) mass is 814 g/mol. The molecule has 2 aromatic carbocycles. The first-order valence-electron chi connectivity index (χ1n) is 19.4. The van der Waals surface area contributed by atoms with Crippen LogP contribution in [-0.4, -0.2) is 73.2 Å². The molecule has 15 heteroatoms. The molecular formula is C43H50ClF3N10O. The summed E-state index contributed by atoms with van der Waals surface area (Å²) < 4.78 is 35.2. The molecule has 6 aromatic rings. The van der Waals surface area contributed by atoms with Crippen molar-refractivity contribution >= 4 is 51.9 Å². The van der Waals surface area contributed by atoms with Crippen LogP contribution < -0.4 is 16.4 Å². The van der Waals surface area contributed by atoms with Crippen LogP contribution >= 0.6 is 12.4 Å². The number of carbonyl (C=O) groups is 1. The fourth-order valence-electron chi connectivity index (χ4n) is 6.77. The van der Waals surface area contributed by atoms with Crippen molar-refractivity contribution in [3.05, 3.63) is 96.1 Å². The zero-order chi connectivity index (χ0) is 40.7. The molecule has 0 radical (unpaired) electrons. The van der Waals surface area contributed by atoms with Crippen LogP contribution in [0.15, 0.2) is 73.3 Å². The Hall–Kier alpha value is -5.47. The number of pyridine rings is 2. The second-order valence-corrected chi connectivity index (χ2v) is 14.7. The molecule has 0 saturated carbocycles. The van der Waals surface area contributed by atoms with Gasteiger partial charge in [0.25, 0.3) is 0 Å². The molecule has 58 heavy (non-hydrogen) atoms. The van der Waals surface area contributed by atoms with Gasteiger partial charge in [-0.15, -0.1) is 12.4 Å². The van der Waals surface area contributed by atoms with Crippen molar-refractivity contribution in [2.45, 2.75) is 66.5 Å². The molecule has 8 rings (SSSR count). The lowest BCUT2D eigenvalue weighted by molar-refractivity contribution is -0.168. The lowest BCUT2D eigenvalue weighted by Gasteiger charge is -2.17. The Morgan fingerprint density at radius 1 is 0.828 bits per heavy atom. The first-order valence-corrected chi connectivity index (χ1v) is 19.4. The van der Waals surface area contributed by atoms with E-state index in [0.29, 0.717) is 18.1 Å². The topological polar surface area (TPSA) is 148 Å². The highest BCUT2D eigenvalue weighted by atomic mass is 35.5. The summed E-state index contributed by atoms with van der Waals surface area (Å²) in [5, 5.41) is 7.55. The summed E-state index contributed by atoms with van der Waals surface area (Å²) in [7, 11) is 0. The van der Waals surface area contributed by atoms with Crippen LogP contribution in [0.3, 0.4) is 0 Å². The molecule has 2 aliphatic heterocycles. The lowest BCUT2D eigenvalue weighted by Crippen LogP contribution is -2.32. The normalized spacial score (nSPS) is 16.2. The number of nitrogen functional groups attached to an aromatic ring is 1. The van der Waals surface area contributed by atoms with Gasteiger partial charge in [0, 0.05) is 90.5 Å². The highest BCUT2D eigenvalue weighted by molar-refractivity contribution is 5.91. The highest BCUT2D eigenvalue weighted by Gasteiger charge is 2.40. The average molecular weight is 815 g/mol. The first kappa shape index (κ1) is 43.6. The number of benzene rings is 2. The number of fused-ring (bicyclic) bond motifs is 2. The minimum absolute atomic E-state index is 0. The predicted octanol–water partition coefficient (Wildman–Crippen LogP) is 9.16. The van der Waals surface area contributed by atoms with Crippen molar-refractivity contribution in [1.82, 2.24) is 40.1 Å². The maximum absolute atomic E-state index is 12.5. The summed E-state index contributed by atoms with van der Waals surface area (Å²) in [6.45, 7) is 12.6. The number of halogens is 4. The molecule has 6 heterocycles. The van der Waals surface area contributed by atoms with Gasteiger partial charge in [0.15, 0.2) is 11.3 Å². The minimum Gasteiger partial charge on any atom is -0.399 e. The van der Waals surface area contributed by atoms with Crippen LogP contribution in [0.1, 0.15) is 56.4 Å². The Labute approximate surface area is 342 Å². The molecule has 2 unspecified atom stereocenters. The number of aryl methyl sites for hydroxylation is 4. The van der Waals surface area contributed by atoms with Gasteiger partial charge in [-0.3, -0.25) is 0 Å². The number of amides is 2. The molecule has 0 spiro atoms. The summed E-state index contributed by atoms with van der Waals surface area (Å²) in [4.78, 5) is 41.0. The van der Waals surface area contributed by atoms with Gasteiger partial charge < -0.3 is 21.3 Å². The Morgan fingerprint density at radius 2 is 1.40 bits per heavy atom. The number of anilines is 2. The number of likely N-dealkylation sites (tertiary alicyclic amines) is 1. The van der Waals surface area contributed by atoms with Crippen LogP contribution in [0.4, 0.5) is 29.3 Å². The summed E-state index contributed by atoms with van der Waals surface area (Å²) in [5.41, 5.74) is 15.3. The maximum atomic E-state index is 12.5. The molecular weight excluding hydrogens is 765 g/mol. The molecule has 2 aliphatic rings. The van der Waals surface area contributed by atoms with Gasteiger partial charge in [-0.25, -0.2) is 34.7 Å². The number of nitrogens with one attached hydrogen (secondary N) is 2. The smallest absolute Gasteiger partial charge is 0.393 e. The predicted molar refractivity (Wildman–Crippen MR) is 227 cm³/mol. The highest BCUT2D eigenvalue weighted by Crippen LogP contribution is 2.31. The number of hydrogen-bond acceptors (Lipinski definition) is 9. The first-order chi connectivity index (χ1) is 27.3. The quantitative estimate of drug-likeness (QED) is 0.145. The Bertz CT molecular complexity index is 2350. The van der Waals surface area contributed by atoms with Crippen molar-refractivity contribution in [2.24, 2.45) is 11.8 Å². The molecule has 2 saturated heterocycles. The summed E-state index contributed by atoms with van der Waals surface area (Å²) in [6.07, 6.45) is 6.27. The Kier molecular flexibility index (Phi) is 14.5. The number of rotatable bonds is 5. The van der Waals surface area contributed by atoms with E-state index in [2.05, 4.69) is 73.4 Å². The number of aromatic nitrogens is 6. The van der Waals surface area contributed by atoms with E-state index in [-0.39, 0.29) is 31.4 Å². The van der Waals surface area contributed by atoms with Crippen LogP contribution in [0.5, 0.6) is 0 Å². The number of nitrogens with zero attached hydrogens (tertiary/aromatic N) is 7. The number of nitrogens with two attached hydrogens (primary N) is 1. The lowest BCUT2D eigenvalue weighted by atomic mass is 10.0. The third-order valence-electron chi connectivity index (χ3n) is 10.2. The van der Waals surface area contributed by atoms with Crippen LogP contribution in [-0.2, 0) is 12.8 Å². The van der Waals surface area contributed by atoms with Crippen molar-refractivity contribution in [3.8, 4) is 22.3 Å². The average Bonchev–Trinajstić information content (AvgIpc) is 3.93. The van der Waals surface area contributed by atoms with E-state index in [1.165, 1.54) is 5.56 Å². The SMILES string of the molecule is CCc1ncc2cc(-c3cc(N)ccc3C)cnc2n1.CCc1ncc2cc(-c3cc(NC(=O)N4CCC(C)C4)ccc3C)cnc2n1.Cl.FC(F)(F)C1CCNC1. The van der Waals surface area contributed by atoms with Gasteiger partial charge in [-0.05, 0) is 97.8 Å². The van der Waals surface area contributed by atoms with Gasteiger partial charge in [0.2, 0.25) is 0 Å². The summed E-state index contributed by atoms with van der Waals surface area (Å²) in [5.74, 6) is 1.08. The van der Waals surface area contributed by atoms with E-state index in [4.69, 9.17) is 5.73 Å². The third-order valence-corrected chi connectivity index (χ3v) is 10.2. The molecule has 11 nitrogen and oxygen atoms in total. The van der Waals surface area contributed by atoms with E-state index in [0.717, 1.165) is 99.6 Å². The van der Waals surface area contributed by atoms with E-state index >= 15 is 0 Å². The van der Waals surface area contributed by atoms with Crippen molar-refractivity contribution in [1.29, 1.82) is 0 Å². The fourth-order valence-corrected chi connectivity index (χ4v) is 6.77. The van der Waals surface area contributed by atoms with E-state index in [1.54, 1.807) is 0 Å². The van der Waals surface area contributed by atoms with Gasteiger partial charge in [0.1, 0.15) is 11.6 Å². The summed E-state index contributed by atoms with van der Waals surface area (Å²) in [6, 6.07) is 16.0. The second-order valence-electron chi connectivity index (χ2n) is 14.7. The van der Waals surface area contributed by atoms with Crippen molar-refractivity contribution < 1.29 is 18.0 Å². The Morgan fingerprint density at radius 3 is 1.88 bits per heavy atom. The number of urea groups is 1. The van der Waals surface area contributed by atoms with E-state index in [1.807, 2.05) is 79.9 Å². The Balaban J connectivity index is 0.000000186. The van der Waals surface area contributed by atoms with Crippen LogP contribution in [0.25, 0.3) is 44.3 Å². The number of alkyl halides is 3. The summed E-state index contributed by atoms with van der Waals surface area (Å²) >= 11 is 0. The van der Waals surface area contributed by atoms with E-state index in [9.17, 15) is 18.0 Å². The molecule has 2 atom stereocenters. The van der Waals surface area contributed by atoms with Gasteiger partial charge in [-0.1, -0.05) is 32.9 Å². The zero-order valence-corrected chi connectivity index (χ0v) is 34.2. The number of hydrogen-bond donors (Lipinski definition) is 3. The van der Waals surface area contributed by atoms with Crippen molar-refractivity contribution in [3.63, 3.8) is 0 Å².